The van der Waals surface area contributed by atoms with E-state index in [1.54, 1.807) is 6.20 Å². The Kier molecular flexibility index (Phi) is 5.13. The molecule has 1 atom stereocenters. The number of likely N-dealkylation sites (tertiary alicyclic amines) is 1. The lowest BCUT2D eigenvalue weighted by atomic mass is 10.00. The number of anilines is 2. The van der Waals surface area contributed by atoms with Crippen molar-refractivity contribution < 1.29 is 4.79 Å². The number of aromatic nitrogens is 3. The maximum Gasteiger partial charge on any atom is 0.226 e. The zero-order valence-electron chi connectivity index (χ0n) is 16.9. The van der Waals surface area contributed by atoms with Crippen molar-refractivity contribution in [3.8, 4) is 11.3 Å². The molecular weight excluding hydrogens is 374 g/mol. The Hall–Kier alpha value is -3.28. The van der Waals surface area contributed by atoms with E-state index < -0.39 is 0 Å². The molecule has 0 radical (unpaired) electrons. The van der Waals surface area contributed by atoms with E-state index in [-0.39, 0.29) is 17.9 Å². The number of benzene rings is 1. The van der Waals surface area contributed by atoms with E-state index in [1.807, 2.05) is 59.6 Å². The SMILES string of the molecule is O=C(C1CC1)N1CCCCC1c1nc(Nc2ccccc2)cc(-c2cccnc2)n1. The Morgan fingerprint density at radius 1 is 1.00 bits per heavy atom. The number of hydrogen-bond donors (Lipinski definition) is 1. The van der Waals surface area contributed by atoms with Gasteiger partial charge < -0.3 is 10.2 Å². The van der Waals surface area contributed by atoms with Crippen molar-refractivity contribution in [3.63, 3.8) is 0 Å². The highest BCUT2D eigenvalue weighted by molar-refractivity contribution is 5.81. The molecule has 152 valence electrons. The highest BCUT2D eigenvalue weighted by Gasteiger charge is 2.38. The monoisotopic (exact) mass is 399 g/mol. The van der Waals surface area contributed by atoms with Gasteiger partial charge in [0.05, 0.1) is 11.7 Å². The molecule has 1 aromatic carbocycles. The Morgan fingerprint density at radius 2 is 1.87 bits per heavy atom. The molecule has 1 amide bonds. The molecule has 2 aliphatic rings. The van der Waals surface area contributed by atoms with Gasteiger partial charge in [-0.25, -0.2) is 9.97 Å². The van der Waals surface area contributed by atoms with Crippen LogP contribution in [0.15, 0.2) is 60.9 Å². The maximum atomic E-state index is 12.9. The molecule has 2 aromatic heterocycles. The standard InChI is InChI=1S/C24H25N5O/c30-24(17-11-12-17)29-14-5-4-10-21(29)23-27-20(18-7-6-13-25-16-18)15-22(28-23)26-19-8-2-1-3-9-19/h1-3,6-9,13,15-17,21H,4-5,10-12,14H2,(H,26,27,28). The summed E-state index contributed by atoms with van der Waals surface area (Å²) >= 11 is 0. The van der Waals surface area contributed by atoms with Gasteiger partial charge in [0.15, 0.2) is 5.82 Å². The number of hydrogen-bond acceptors (Lipinski definition) is 5. The quantitative estimate of drug-likeness (QED) is 0.671. The number of piperidine rings is 1. The second-order valence-electron chi connectivity index (χ2n) is 8.05. The van der Waals surface area contributed by atoms with Crippen LogP contribution in [0.1, 0.15) is 44.0 Å². The van der Waals surface area contributed by atoms with Crippen molar-refractivity contribution in [2.24, 2.45) is 5.92 Å². The van der Waals surface area contributed by atoms with Crippen LogP contribution >= 0.6 is 0 Å². The second kappa shape index (κ2) is 8.22. The summed E-state index contributed by atoms with van der Waals surface area (Å²) in [5, 5.41) is 3.40. The molecule has 5 rings (SSSR count). The number of rotatable bonds is 5. The molecule has 6 nitrogen and oxygen atoms in total. The maximum absolute atomic E-state index is 12.9. The van der Waals surface area contributed by atoms with Gasteiger partial charge in [-0.05, 0) is 56.4 Å². The fourth-order valence-corrected chi connectivity index (χ4v) is 4.04. The normalized spacial score (nSPS) is 18.8. The molecule has 1 aliphatic carbocycles. The van der Waals surface area contributed by atoms with Crippen LogP contribution in [0.25, 0.3) is 11.3 Å². The number of pyridine rings is 1. The van der Waals surface area contributed by atoms with Crippen LogP contribution in [0.4, 0.5) is 11.5 Å². The van der Waals surface area contributed by atoms with Crippen LogP contribution in [-0.2, 0) is 4.79 Å². The number of para-hydroxylation sites is 1. The van der Waals surface area contributed by atoms with Gasteiger partial charge in [0.2, 0.25) is 5.91 Å². The van der Waals surface area contributed by atoms with Gasteiger partial charge in [0.25, 0.3) is 0 Å². The van der Waals surface area contributed by atoms with Crippen LogP contribution in [0.2, 0.25) is 0 Å². The van der Waals surface area contributed by atoms with Crippen molar-refractivity contribution >= 4 is 17.4 Å². The molecule has 1 N–H and O–H groups in total. The van der Waals surface area contributed by atoms with E-state index in [0.717, 1.165) is 61.4 Å². The van der Waals surface area contributed by atoms with E-state index in [1.165, 1.54) is 0 Å². The third-order valence-corrected chi connectivity index (χ3v) is 5.76. The fourth-order valence-electron chi connectivity index (χ4n) is 4.04. The molecule has 1 saturated heterocycles. The first-order chi connectivity index (χ1) is 14.8. The van der Waals surface area contributed by atoms with Crippen molar-refractivity contribution in [2.45, 2.75) is 38.1 Å². The van der Waals surface area contributed by atoms with Gasteiger partial charge in [-0.15, -0.1) is 0 Å². The summed E-state index contributed by atoms with van der Waals surface area (Å²) in [6, 6.07) is 15.8. The minimum Gasteiger partial charge on any atom is -0.340 e. The predicted octanol–water partition coefficient (Wildman–Crippen LogP) is 4.75. The molecular formula is C24H25N5O. The number of carbonyl (C=O) groups is 1. The van der Waals surface area contributed by atoms with Crippen molar-refractivity contribution in [2.75, 3.05) is 11.9 Å². The van der Waals surface area contributed by atoms with Crippen LogP contribution in [-0.4, -0.2) is 32.3 Å². The van der Waals surface area contributed by atoms with Crippen LogP contribution in [0.5, 0.6) is 0 Å². The molecule has 3 aromatic rings. The van der Waals surface area contributed by atoms with E-state index >= 15 is 0 Å². The van der Waals surface area contributed by atoms with Crippen molar-refractivity contribution in [1.29, 1.82) is 0 Å². The van der Waals surface area contributed by atoms with Gasteiger partial charge in [0, 0.05) is 42.2 Å². The average Bonchev–Trinajstić information content (AvgIpc) is 3.65. The zero-order valence-corrected chi connectivity index (χ0v) is 16.9. The topological polar surface area (TPSA) is 71.0 Å². The van der Waals surface area contributed by atoms with Gasteiger partial charge in [-0.2, -0.15) is 0 Å². The Bertz CT molecular complexity index is 1020. The largest absolute Gasteiger partial charge is 0.340 e. The lowest BCUT2D eigenvalue weighted by Gasteiger charge is -2.35. The lowest BCUT2D eigenvalue weighted by molar-refractivity contribution is -0.136. The van der Waals surface area contributed by atoms with Gasteiger partial charge in [-0.1, -0.05) is 18.2 Å². The molecule has 0 bridgehead atoms. The molecule has 0 spiro atoms. The molecule has 1 unspecified atom stereocenters. The van der Waals surface area contributed by atoms with Crippen molar-refractivity contribution in [1.82, 2.24) is 19.9 Å². The van der Waals surface area contributed by atoms with Crippen molar-refractivity contribution in [3.05, 3.63) is 66.7 Å². The third kappa shape index (κ3) is 4.03. The van der Waals surface area contributed by atoms with Crippen LogP contribution < -0.4 is 5.32 Å². The average molecular weight is 399 g/mol. The summed E-state index contributed by atoms with van der Waals surface area (Å²) in [5.74, 6) is 1.92. The van der Waals surface area contributed by atoms with Gasteiger partial charge in [-0.3, -0.25) is 9.78 Å². The number of nitrogens with zero attached hydrogens (tertiary/aromatic N) is 4. The third-order valence-electron chi connectivity index (χ3n) is 5.76. The van der Waals surface area contributed by atoms with Gasteiger partial charge >= 0.3 is 0 Å². The molecule has 1 aliphatic heterocycles. The smallest absolute Gasteiger partial charge is 0.226 e. The minimum absolute atomic E-state index is 0.0696. The first kappa shape index (κ1) is 18.7. The predicted molar refractivity (Wildman–Crippen MR) is 116 cm³/mol. The van der Waals surface area contributed by atoms with E-state index in [4.69, 9.17) is 9.97 Å². The second-order valence-corrected chi connectivity index (χ2v) is 8.05. The number of nitrogens with one attached hydrogen (secondary N) is 1. The summed E-state index contributed by atoms with van der Waals surface area (Å²) in [4.78, 5) is 28.9. The Balaban J connectivity index is 1.54. The first-order valence-electron chi connectivity index (χ1n) is 10.7. The van der Waals surface area contributed by atoms with E-state index in [0.29, 0.717) is 5.82 Å². The molecule has 30 heavy (non-hydrogen) atoms. The summed E-state index contributed by atoms with van der Waals surface area (Å²) in [6.07, 6.45) is 8.63. The molecule has 6 heteroatoms. The lowest BCUT2D eigenvalue weighted by Crippen LogP contribution is -2.40. The van der Waals surface area contributed by atoms with E-state index in [9.17, 15) is 4.79 Å². The highest BCUT2D eigenvalue weighted by Crippen LogP contribution is 2.38. The van der Waals surface area contributed by atoms with Crippen LogP contribution in [0, 0.1) is 5.92 Å². The molecule has 2 fully saturated rings. The number of amides is 1. The molecule has 1 saturated carbocycles. The Labute approximate surface area is 176 Å². The summed E-state index contributed by atoms with van der Waals surface area (Å²) < 4.78 is 0. The van der Waals surface area contributed by atoms with Gasteiger partial charge in [0.1, 0.15) is 5.82 Å². The minimum atomic E-state index is -0.0696. The summed E-state index contributed by atoms with van der Waals surface area (Å²) in [6.45, 7) is 0.794. The first-order valence-corrected chi connectivity index (χ1v) is 10.7. The Morgan fingerprint density at radius 3 is 2.63 bits per heavy atom. The summed E-state index contributed by atoms with van der Waals surface area (Å²) in [7, 11) is 0. The highest BCUT2D eigenvalue weighted by atomic mass is 16.2. The van der Waals surface area contributed by atoms with Crippen LogP contribution in [0.3, 0.4) is 0 Å². The number of carbonyl (C=O) groups excluding carboxylic acids is 1. The van der Waals surface area contributed by atoms with E-state index in [2.05, 4.69) is 10.3 Å². The fraction of sp³-hybridized carbons (Fsp3) is 0.333. The zero-order chi connectivity index (χ0) is 20.3. The summed E-state index contributed by atoms with van der Waals surface area (Å²) in [5.41, 5.74) is 2.72. The molecule has 3 heterocycles.